The van der Waals surface area contributed by atoms with Crippen LogP contribution in [-0.4, -0.2) is 96.7 Å². The quantitative estimate of drug-likeness (QED) is 0.0169. The highest BCUT2D eigenvalue weighted by Gasteiger charge is 2.30. The number of phosphoric ester groups is 2. The van der Waals surface area contributed by atoms with E-state index in [4.69, 9.17) is 37.0 Å². The van der Waals surface area contributed by atoms with Gasteiger partial charge in [-0.3, -0.25) is 37.3 Å². The molecule has 0 rings (SSSR count). The molecule has 0 aliphatic carbocycles. The first-order valence-electron chi connectivity index (χ1n) is 33.7. The van der Waals surface area contributed by atoms with Crippen LogP contribution in [0.1, 0.15) is 299 Å². The topological polar surface area (TPSA) is 237 Å². The average molecular weight is 1250 g/mol. The van der Waals surface area contributed by atoms with Gasteiger partial charge in [0.05, 0.1) is 26.4 Å². The fraction of sp³-hybridized carbons (Fsp3) is 0.879. The van der Waals surface area contributed by atoms with E-state index in [0.29, 0.717) is 37.5 Å². The normalized spacial score (nSPS) is 14.8. The van der Waals surface area contributed by atoms with Crippen molar-refractivity contribution in [3.05, 3.63) is 24.3 Å². The molecule has 0 radical (unpaired) electrons. The molecule has 0 aromatic rings. The standard InChI is InChI=1S/C66H124O17P2/c1-8-10-11-12-13-14-15-16-17-18-19-20-24-35-42-49-65(70)82-61(53-76-63(68)47-40-33-28-26-31-38-45-58(5)6)55-80-84(72,73)78-51-60(67)52-79-85(74,75)81-56-62(54-77-64(69)48-41-34-29-27-32-39-46-59(7)9-2)83-66(71)50-43-36-25-22-21-23-30-37-44-57(3)4/h14-17,57-62,67H,8-13,18-56H2,1-7H3,(H,72,73)(H,74,75)/b15-14-,17-16-/t59?,60-,61-,62-/m1/s1. The first-order chi connectivity index (χ1) is 40.8. The second-order valence-corrected chi connectivity index (χ2v) is 27.3. The van der Waals surface area contributed by atoms with Gasteiger partial charge in [-0.2, -0.15) is 0 Å². The Balaban J connectivity index is 5.28. The van der Waals surface area contributed by atoms with Crippen molar-refractivity contribution in [1.29, 1.82) is 0 Å². The van der Waals surface area contributed by atoms with E-state index in [2.05, 4.69) is 72.8 Å². The number of allylic oxidation sites excluding steroid dienone is 4. The maximum Gasteiger partial charge on any atom is 0.472 e. The van der Waals surface area contributed by atoms with Gasteiger partial charge >= 0.3 is 39.5 Å². The van der Waals surface area contributed by atoms with Gasteiger partial charge in [0.1, 0.15) is 19.3 Å². The fourth-order valence-corrected chi connectivity index (χ4v) is 10.8. The maximum atomic E-state index is 13.0. The Kier molecular flexibility index (Phi) is 55.1. The molecule has 0 bridgehead atoms. The van der Waals surface area contributed by atoms with Crippen LogP contribution in [0.2, 0.25) is 0 Å². The second-order valence-electron chi connectivity index (χ2n) is 24.4. The predicted octanol–water partition coefficient (Wildman–Crippen LogP) is 17.8. The molecule has 0 saturated carbocycles. The zero-order valence-electron chi connectivity index (χ0n) is 54.5. The smallest absolute Gasteiger partial charge is 0.462 e. The van der Waals surface area contributed by atoms with Crippen molar-refractivity contribution < 1.29 is 80.2 Å². The zero-order chi connectivity index (χ0) is 63.1. The summed E-state index contributed by atoms with van der Waals surface area (Å²) in [5, 5.41) is 10.5. The lowest BCUT2D eigenvalue weighted by molar-refractivity contribution is -0.161. The third-order valence-corrected chi connectivity index (χ3v) is 16.8. The third-order valence-electron chi connectivity index (χ3n) is 14.9. The number of unbranched alkanes of at least 4 members (excludes halogenated alkanes) is 26. The predicted molar refractivity (Wildman–Crippen MR) is 340 cm³/mol. The monoisotopic (exact) mass is 1250 g/mol. The van der Waals surface area contributed by atoms with Gasteiger partial charge in [-0.25, -0.2) is 9.13 Å². The van der Waals surface area contributed by atoms with E-state index in [1.807, 2.05) is 0 Å². The molecule has 19 heteroatoms. The van der Waals surface area contributed by atoms with E-state index >= 15 is 0 Å². The molecule has 17 nitrogen and oxygen atoms in total. The van der Waals surface area contributed by atoms with Crippen LogP contribution in [0, 0.1) is 17.8 Å². The van der Waals surface area contributed by atoms with Crippen LogP contribution < -0.4 is 0 Å². The molecule has 0 heterocycles. The van der Waals surface area contributed by atoms with Crippen molar-refractivity contribution in [1.82, 2.24) is 0 Å². The van der Waals surface area contributed by atoms with Gasteiger partial charge in [0.25, 0.3) is 0 Å². The van der Waals surface area contributed by atoms with Crippen molar-refractivity contribution in [3.63, 3.8) is 0 Å². The van der Waals surface area contributed by atoms with Crippen LogP contribution in [0.25, 0.3) is 0 Å². The van der Waals surface area contributed by atoms with Gasteiger partial charge in [0, 0.05) is 25.7 Å². The molecule has 6 atom stereocenters. The van der Waals surface area contributed by atoms with E-state index in [1.165, 1.54) is 83.5 Å². The SMILES string of the molecule is CCCCCC/C=C\C=C/CCCCCCCC(=O)O[C@H](COC(=O)CCCCCCCCC(C)C)COP(=O)(O)OC[C@@H](O)COP(=O)(O)OC[C@@H](COC(=O)CCCCCCCCC(C)CC)OC(=O)CCCCCCCCCCC(C)C. The molecule has 500 valence electrons. The summed E-state index contributed by atoms with van der Waals surface area (Å²) in [4.78, 5) is 72.2. The zero-order valence-corrected chi connectivity index (χ0v) is 56.3. The van der Waals surface area contributed by atoms with E-state index in [0.717, 1.165) is 121 Å². The number of carbonyl (C=O) groups excluding carboxylic acids is 4. The Morgan fingerprint density at radius 1 is 0.388 bits per heavy atom. The highest BCUT2D eigenvalue weighted by atomic mass is 31.2. The lowest BCUT2D eigenvalue weighted by Gasteiger charge is -2.21. The van der Waals surface area contributed by atoms with Gasteiger partial charge in [-0.1, -0.05) is 246 Å². The van der Waals surface area contributed by atoms with Crippen LogP contribution >= 0.6 is 15.6 Å². The molecule has 0 spiro atoms. The van der Waals surface area contributed by atoms with Crippen LogP contribution in [0.5, 0.6) is 0 Å². The van der Waals surface area contributed by atoms with E-state index in [-0.39, 0.29) is 25.7 Å². The number of aliphatic hydroxyl groups is 1. The fourth-order valence-electron chi connectivity index (χ4n) is 9.26. The summed E-state index contributed by atoms with van der Waals surface area (Å²) < 4.78 is 68.0. The molecule has 0 aromatic heterocycles. The van der Waals surface area contributed by atoms with Gasteiger partial charge in [-0.15, -0.1) is 0 Å². The average Bonchev–Trinajstić information content (AvgIpc) is 3.57. The number of esters is 4. The molecule has 0 amide bonds. The second kappa shape index (κ2) is 56.8. The van der Waals surface area contributed by atoms with E-state index in [1.54, 1.807) is 0 Å². The Morgan fingerprint density at radius 3 is 1.05 bits per heavy atom. The van der Waals surface area contributed by atoms with Gasteiger partial charge in [0.2, 0.25) is 0 Å². The van der Waals surface area contributed by atoms with Crippen molar-refractivity contribution >= 4 is 39.5 Å². The summed E-state index contributed by atoms with van der Waals surface area (Å²) in [5.41, 5.74) is 0. The van der Waals surface area contributed by atoms with Gasteiger partial charge in [-0.05, 0) is 69.1 Å². The maximum absolute atomic E-state index is 13.0. The molecule has 0 aromatic carbocycles. The highest BCUT2D eigenvalue weighted by Crippen LogP contribution is 2.45. The number of ether oxygens (including phenoxy) is 4. The van der Waals surface area contributed by atoms with Crippen molar-refractivity contribution in [2.24, 2.45) is 17.8 Å². The highest BCUT2D eigenvalue weighted by molar-refractivity contribution is 7.47. The molecule has 0 fully saturated rings. The van der Waals surface area contributed by atoms with E-state index < -0.39 is 97.5 Å². The molecule has 3 N–H and O–H groups in total. The summed E-state index contributed by atoms with van der Waals surface area (Å²) in [6, 6.07) is 0. The minimum absolute atomic E-state index is 0.0832. The summed E-state index contributed by atoms with van der Waals surface area (Å²) in [5.74, 6) is -0.0465. The lowest BCUT2D eigenvalue weighted by Crippen LogP contribution is -2.30. The number of aliphatic hydroxyl groups excluding tert-OH is 1. The Bertz CT molecular complexity index is 1780. The number of hydrogen-bond acceptors (Lipinski definition) is 15. The molecule has 3 unspecified atom stereocenters. The summed E-state index contributed by atoms with van der Waals surface area (Å²) >= 11 is 0. The largest absolute Gasteiger partial charge is 0.472 e. The molecular formula is C66H124O17P2. The molecule has 0 saturated heterocycles. The van der Waals surface area contributed by atoms with E-state index in [9.17, 15) is 43.2 Å². The number of rotatable bonds is 62. The van der Waals surface area contributed by atoms with Crippen LogP contribution in [0.4, 0.5) is 0 Å². The van der Waals surface area contributed by atoms with Gasteiger partial charge < -0.3 is 33.8 Å². The Morgan fingerprint density at radius 2 is 0.694 bits per heavy atom. The number of hydrogen-bond donors (Lipinski definition) is 3. The first kappa shape index (κ1) is 82.5. The van der Waals surface area contributed by atoms with Crippen LogP contribution in [0.3, 0.4) is 0 Å². The van der Waals surface area contributed by atoms with Crippen molar-refractivity contribution in [2.75, 3.05) is 39.6 Å². The third kappa shape index (κ3) is 59.0. The van der Waals surface area contributed by atoms with Crippen molar-refractivity contribution in [2.45, 2.75) is 317 Å². The van der Waals surface area contributed by atoms with Crippen LogP contribution in [0.15, 0.2) is 24.3 Å². The molecular weight excluding hydrogens is 1130 g/mol. The number of phosphoric acid groups is 2. The molecule has 85 heavy (non-hydrogen) atoms. The lowest BCUT2D eigenvalue weighted by atomic mass is 10.00. The van der Waals surface area contributed by atoms with Gasteiger partial charge in [0.15, 0.2) is 12.2 Å². The summed E-state index contributed by atoms with van der Waals surface area (Å²) in [7, 11) is -9.90. The Labute approximate surface area is 516 Å². The molecule has 0 aliphatic rings. The minimum Gasteiger partial charge on any atom is -0.462 e. The molecule has 0 aliphatic heterocycles. The van der Waals surface area contributed by atoms with Crippen LogP contribution in [-0.2, 0) is 65.4 Å². The minimum atomic E-state index is -4.95. The summed E-state index contributed by atoms with van der Waals surface area (Å²) in [6.45, 7) is 11.6. The first-order valence-corrected chi connectivity index (χ1v) is 36.7. The van der Waals surface area contributed by atoms with Crippen molar-refractivity contribution in [3.8, 4) is 0 Å². The summed E-state index contributed by atoms with van der Waals surface area (Å²) in [6.07, 6.45) is 41.4. The Hall–Kier alpha value is -2.46. The number of carbonyl (C=O) groups is 4.